The topological polar surface area (TPSA) is 50.4 Å². The Hall–Kier alpha value is -2.61. The summed E-state index contributed by atoms with van der Waals surface area (Å²) in [4.78, 5) is 11.9. The summed E-state index contributed by atoms with van der Waals surface area (Å²) in [5, 5.41) is 6.62. The van der Waals surface area contributed by atoms with Crippen LogP contribution in [0, 0.1) is 0 Å². The number of esters is 1. The van der Waals surface area contributed by atoms with E-state index < -0.39 is 17.7 Å². The monoisotopic (exact) mass is 408 g/mol. The molecule has 8 heteroatoms. The molecule has 0 amide bonds. The molecule has 28 heavy (non-hydrogen) atoms. The summed E-state index contributed by atoms with van der Waals surface area (Å²) in [5.74, 6) is -0.809. The fourth-order valence-corrected chi connectivity index (χ4v) is 3.37. The SMILES string of the molecule is O=C(OCCNC(=S)NC1CCc2ccccc21)c1cccc(C(F)(F)F)c1. The number of halogens is 3. The van der Waals surface area contributed by atoms with Crippen LogP contribution in [-0.4, -0.2) is 24.2 Å². The zero-order valence-electron chi connectivity index (χ0n) is 14.9. The van der Waals surface area contributed by atoms with E-state index in [9.17, 15) is 18.0 Å². The maximum Gasteiger partial charge on any atom is 0.416 e. The van der Waals surface area contributed by atoms with Crippen LogP contribution >= 0.6 is 12.2 Å². The molecule has 1 aliphatic carbocycles. The molecule has 2 N–H and O–H groups in total. The molecule has 1 aliphatic rings. The number of aryl methyl sites for hydroxylation is 1. The van der Waals surface area contributed by atoms with Gasteiger partial charge in [0.25, 0.3) is 0 Å². The minimum absolute atomic E-state index is 0.0157. The number of fused-ring (bicyclic) bond motifs is 1. The van der Waals surface area contributed by atoms with E-state index in [1.807, 2.05) is 12.1 Å². The van der Waals surface area contributed by atoms with Gasteiger partial charge in [-0.25, -0.2) is 4.79 Å². The van der Waals surface area contributed by atoms with Gasteiger partial charge in [-0.3, -0.25) is 0 Å². The van der Waals surface area contributed by atoms with E-state index in [4.69, 9.17) is 17.0 Å². The predicted octanol–water partition coefficient (Wildman–Crippen LogP) is 4.01. The Morgan fingerprint density at radius 3 is 2.75 bits per heavy atom. The third-order valence-corrected chi connectivity index (χ3v) is 4.75. The number of hydrogen-bond acceptors (Lipinski definition) is 3. The lowest BCUT2D eigenvalue weighted by Crippen LogP contribution is -2.38. The van der Waals surface area contributed by atoms with E-state index in [1.54, 1.807) is 0 Å². The number of carbonyl (C=O) groups is 1. The third-order valence-electron chi connectivity index (χ3n) is 4.48. The second-order valence-electron chi connectivity index (χ2n) is 6.40. The molecule has 148 valence electrons. The molecule has 3 rings (SSSR count). The molecular weight excluding hydrogens is 389 g/mol. The second-order valence-corrected chi connectivity index (χ2v) is 6.81. The van der Waals surface area contributed by atoms with Crippen LogP contribution in [0.4, 0.5) is 13.2 Å². The first kappa shape index (κ1) is 20.1. The van der Waals surface area contributed by atoms with Gasteiger partial charge in [0, 0.05) is 0 Å². The van der Waals surface area contributed by atoms with Crippen LogP contribution < -0.4 is 10.6 Å². The number of hydrogen-bond donors (Lipinski definition) is 2. The summed E-state index contributed by atoms with van der Waals surface area (Å²) in [6, 6.07) is 12.5. The van der Waals surface area contributed by atoms with E-state index >= 15 is 0 Å². The molecule has 1 atom stereocenters. The van der Waals surface area contributed by atoms with Gasteiger partial charge in [-0.05, 0) is 54.4 Å². The van der Waals surface area contributed by atoms with E-state index in [2.05, 4.69) is 22.8 Å². The highest BCUT2D eigenvalue weighted by Gasteiger charge is 2.31. The van der Waals surface area contributed by atoms with Crippen LogP contribution in [-0.2, 0) is 17.3 Å². The van der Waals surface area contributed by atoms with Crippen LogP contribution in [0.2, 0.25) is 0 Å². The van der Waals surface area contributed by atoms with Crippen LogP contribution in [0.5, 0.6) is 0 Å². The number of rotatable bonds is 5. The summed E-state index contributed by atoms with van der Waals surface area (Å²) in [5.41, 5.74) is 1.50. The highest BCUT2D eigenvalue weighted by Crippen LogP contribution is 2.31. The summed E-state index contributed by atoms with van der Waals surface area (Å²) in [6.07, 6.45) is -2.56. The van der Waals surface area contributed by atoms with Crippen molar-refractivity contribution >= 4 is 23.3 Å². The number of nitrogens with one attached hydrogen (secondary N) is 2. The summed E-state index contributed by atoms with van der Waals surface area (Å²) in [6.45, 7) is 0.239. The summed E-state index contributed by atoms with van der Waals surface area (Å²) < 4.78 is 43.1. The Labute approximate surface area is 166 Å². The molecule has 0 fully saturated rings. The molecule has 4 nitrogen and oxygen atoms in total. The van der Waals surface area contributed by atoms with Crippen molar-refractivity contribution in [3.63, 3.8) is 0 Å². The van der Waals surface area contributed by atoms with Crippen molar-refractivity contribution in [2.24, 2.45) is 0 Å². The molecule has 0 spiro atoms. The summed E-state index contributed by atoms with van der Waals surface area (Å²) in [7, 11) is 0. The molecule has 0 aromatic heterocycles. The molecule has 2 aromatic rings. The number of alkyl halides is 3. The van der Waals surface area contributed by atoms with Gasteiger partial charge in [-0.2, -0.15) is 13.2 Å². The van der Waals surface area contributed by atoms with Crippen molar-refractivity contribution in [3.05, 3.63) is 70.8 Å². The Morgan fingerprint density at radius 1 is 1.18 bits per heavy atom. The standard InChI is InChI=1S/C20H19F3N2O2S/c21-20(22,23)15-6-3-5-14(12-15)18(26)27-11-10-24-19(28)25-17-9-8-13-4-1-2-7-16(13)17/h1-7,12,17H,8-11H2,(H2,24,25,28). The van der Waals surface area contributed by atoms with Gasteiger partial charge in [0.05, 0.1) is 23.7 Å². The van der Waals surface area contributed by atoms with Crippen LogP contribution in [0.3, 0.4) is 0 Å². The quantitative estimate of drug-likeness (QED) is 0.445. The van der Waals surface area contributed by atoms with E-state index in [0.29, 0.717) is 5.11 Å². The zero-order valence-corrected chi connectivity index (χ0v) is 15.7. The number of carbonyl (C=O) groups excluding carboxylic acids is 1. The molecule has 0 radical (unpaired) electrons. The van der Waals surface area contributed by atoms with Crippen LogP contribution in [0.15, 0.2) is 48.5 Å². The number of ether oxygens (including phenoxy) is 1. The first-order chi connectivity index (χ1) is 13.3. The average molecular weight is 408 g/mol. The molecule has 0 heterocycles. The largest absolute Gasteiger partial charge is 0.460 e. The van der Waals surface area contributed by atoms with Crippen molar-refractivity contribution in [2.75, 3.05) is 13.2 Å². The Bertz CT molecular complexity index is 871. The van der Waals surface area contributed by atoms with E-state index in [1.165, 1.54) is 23.3 Å². The maximum absolute atomic E-state index is 12.7. The molecule has 1 unspecified atom stereocenters. The lowest BCUT2D eigenvalue weighted by Gasteiger charge is -2.17. The highest BCUT2D eigenvalue weighted by molar-refractivity contribution is 7.80. The molecular formula is C20H19F3N2O2S. The predicted molar refractivity (Wildman–Crippen MR) is 103 cm³/mol. The van der Waals surface area contributed by atoms with Crippen molar-refractivity contribution in [1.82, 2.24) is 10.6 Å². The van der Waals surface area contributed by atoms with Crippen molar-refractivity contribution in [1.29, 1.82) is 0 Å². The molecule has 0 saturated heterocycles. The third kappa shape index (κ3) is 5.01. The Balaban J connectivity index is 1.42. The molecule has 2 aromatic carbocycles. The highest BCUT2D eigenvalue weighted by atomic mass is 32.1. The van der Waals surface area contributed by atoms with Gasteiger partial charge in [0.2, 0.25) is 0 Å². The van der Waals surface area contributed by atoms with Gasteiger partial charge in [0.1, 0.15) is 6.61 Å². The van der Waals surface area contributed by atoms with Crippen LogP contribution in [0.1, 0.15) is 39.5 Å². The van der Waals surface area contributed by atoms with Crippen molar-refractivity contribution < 1.29 is 22.7 Å². The van der Waals surface area contributed by atoms with Gasteiger partial charge < -0.3 is 15.4 Å². The Kier molecular flexibility index (Phi) is 6.18. The van der Waals surface area contributed by atoms with Gasteiger partial charge in [-0.15, -0.1) is 0 Å². The van der Waals surface area contributed by atoms with Crippen molar-refractivity contribution in [3.8, 4) is 0 Å². The summed E-state index contributed by atoms with van der Waals surface area (Å²) >= 11 is 5.26. The molecule has 0 saturated carbocycles. The first-order valence-electron chi connectivity index (χ1n) is 8.81. The van der Waals surface area contributed by atoms with Crippen LogP contribution in [0.25, 0.3) is 0 Å². The maximum atomic E-state index is 12.7. The fourth-order valence-electron chi connectivity index (χ4n) is 3.13. The lowest BCUT2D eigenvalue weighted by atomic mass is 10.1. The smallest absolute Gasteiger partial charge is 0.416 e. The van der Waals surface area contributed by atoms with Gasteiger partial charge in [-0.1, -0.05) is 30.3 Å². The Morgan fingerprint density at radius 2 is 1.96 bits per heavy atom. The van der Waals surface area contributed by atoms with Gasteiger partial charge >= 0.3 is 12.1 Å². The minimum Gasteiger partial charge on any atom is -0.460 e. The minimum atomic E-state index is -4.51. The fraction of sp³-hybridized carbons (Fsp3) is 0.300. The molecule has 0 bridgehead atoms. The number of thiocarbonyl (C=S) groups is 1. The molecule has 0 aliphatic heterocycles. The van der Waals surface area contributed by atoms with Gasteiger partial charge in [0.15, 0.2) is 5.11 Å². The lowest BCUT2D eigenvalue weighted by molar-refractivity contribution is -0.137. The average Bonchev–Trinajstić information content (AvgIpc) is 3.07. The number of benzene rings is 2. The normalized spacial score (nSPS) is 15.6. The zero-order chi connectivity index (χ0) is 20.1. The van der Waals surface area contributed by atoms with Crippen molar-refractivity contribution in [2.45, 2.75) is 25.1 Å². The first-order valence-corrected chi connectivity index (χ1v) is 9.22. The van der Waals surface area contributed by atoms with E-state index in [-0.39, 0.29) is 24.8 Å². The second kappa shape index (κ2) is 8.60. The van der Waals surface area contributed by atoms with E-state index in [0.717, 1.165) is 25.0 Å².